The van der Waals surface area contributed by atoms with Crippen LogP contribution in [0.5, 0.6) is 0 Å². The molecule has 0 saturated heterocycles. The van der Waals surface area contributed by atoms with Gasteiger partial charge in [-0.1, -0.05) is 0 Å². The first-order chi connectivity index (χ1) is 6.27. The Hall–Kier alpha value is -0.610. The molecule has 0 aliphatic heterocycles. The van der Waals surface area contributed by atoms with Gasteiger partial charge in [0.05, 0.1) is 0 Å². The summed E-state index contributed by atoms with van der Waals surface area (Å²) >= 11 is 0. The molecule has 1 amide bonds. The molecule has 0 aliphatic carbocycles. The van der Waals surface area contributed by atoms with Crippen LogP contribution in [0, 0.1) is 0 Å². The number of aliphatic hydroxyl groups excluding tert-OH is 1. The van der Waals surface area contributed by atoms with E-state index in [9.17, 15) is 4.79 Å². The maximum absolute atomic E-state index is 10.3. The summed E-state index contributed by atoms with van der Waals surface area (Å²) in [7, 11) is 0. The Kier molecular flexibility index (Phi) is 9.03. The monoisotopic (exact) mass is 188 g/mol. The molecule has 4 N–H and O–H groups in total. The van der Waals surface area contributed by atoms with Crippen LogP contribution in [0.15, 0.2) is 0 Å². The van der Waals surface area contributed by atoms with Gasteiger partial charge in [-0.3, -0.25) is 4.79 Å². The van der Waals surface area contributed by atoms with Gasteiger partial charge < -0.3 is 16.2 Å². The van der Waals surface area contributed by atoms with Crippen molar-refractivity contribution in [2.75, 3.05) is 19.7 Å². The van der Waals surface area contributed by atoms with Gasteiger partial charge in [-0.2, -0.15) is 0 Å². The van der Waals surface area contributed by atoms with Crippen molar-refractivity contribution in [3.8, 4) is 0 Å². The van der Waals surface area contributed by atoms with Crippen molar-refractivity contribution in [3.63, 3.8) is 0 Å². The second-order valence-corrected chi connectivity index (χ2v) is 3.10. The third-order valence-electron chi connectivity index (χ3n) is 1.79. The van der Waals surface area contributed by atoms with Gasteiger partial charge in [-0.05, 0) is 38.8 Å². The lowest BCUT2D eigenvalue weighted by Crippen LogP contribution is -2.18. The number of primary amides is 1. The second kappa shape index (κ2) is 9.48. The van der Waals surface area contributed by atoms with Gasteiger partial charge in [0.1, 0.15) is 0 Å². The van der Waals surface area contributed by atoms with Gasteiger partial charge in [-0.15, -0.1) is 0 Å². The molecule has 4 heteroatoms. The zero-order valence-corrected chi connectivity index (χ0v) is 8.09. The van der Waals surface area contributed by atoms with E-state index in [0.29, 0.717) is 6.42 Å². The largest absolute Gasteiger partial charge is 0.396 e. The van der Waals surface area contributed by atoms with Crippen LogP contribution in [0.1, 0.15) is 32.1 Å². The number of nitrogens with one attached hydrogen (secondary N) is 1. The van der Waals surface area contributed by atoms with Crippen LogP contribution in [0.3, 0.4) is 0 Å². The van der Waals surface area contributed by atoms with Gasteiger partial charge in [0, 0.05) is 13.0 Å². The summed E-state index contributed by atoms with van der Waals surface area (Å²) in [4.78, 5) is 10.3. The standard InChI is InChI=1S/C9H20N2O2/c10-9(13)5-1-2-6-11-7-3-4-8-12/h11-12H,1-8H2,(H2,10,13). The molecule has 0 unspecified atom stereocenters. The molecule has 0 aliphatic rings. The van der Waals surface area contributed by atoms with Crippen molar-refractivity contribution >= 4 is 5.91 Å². The van der Waals surface area contributed by atoms with Crippen LogP contribution in [0.4, 0.5) is 0 Å². The number of carbonyl (C=O) groups excluding carboxylic acids is 1. The van der Waals surface area contributed by atoms with Gasteiger partial charge >= 0.3 is 0 Å². The summed E-state index contributed by atoms with van der Waals surface area (Å²) in [5, 5.41) is 11.7. The number of amides is 1. The minimum Gasteiger partial charge on any atom is -0.396 e. The average molecular weight is 188 g/mol. The summed E-state index contributed by atoms with van der Waals surface area (Å²) in [6, 6.07) is 0. The second-order valence-electron chi connectivity index (χ2n) is 3.10. The summed E-state index contributed by atoms with van der Waals surface area (Å²) in [5.41, 5.74) is 4.99. The molecule has 0 fully saturated rings. The quantitative estimate of drug-likeness (QED) is 0.446. The SMILES string of the molecule is NC(=O)CCCCNCCCCO. The molecule has 0 aromatic carbocycles. The first-order valence-corrected chi connectivity index (χ1v) is 4.87. The van der Waals surface area contributed by atoms with E-state index in [1.165, 1.54) is 0 Å². The summed E-state index contributed by atoms with van der Waals surface area (Å²) in [5.74, 6) is -0.222. The molecule has 0 spiro atoms. The predicted octanol–water partition coefficient (Wildman–Crippen LogP) is 0.00410. The Morgan fingerprint density at radius 1 is 1.15 bits per heavy atom. The molecule has 78 valence electrons. The minimum absolute atomic E-state index is 0.222. The lowest BCUT2D eigenvalue weighted by molar-refractivity contribution is -0.118. The van der Waals surface area contributed by atoms with Crippen LogP contribution in [-0.2, 0) is 4.79 Å². The number of hydrogen-bond donors (Lipinski definition) is 3. The Morgan fingerprint density at radius 2 is 1.77 bits per heavy atom. The Labute approximate surface area is 79.5 Å². The molecule has 0 heterocycles. The van der Waals surface area contributed by atoms with Crippen molar-refractivity contribution in [3.05, 3.63) is 0 Å². The molecule has 0 saturated carbocycles. The highest BCUT2D eigenvalue weighted by atomic mass is 16.2. The van der Waals surface area contributed by atoms with Crippen LogP contribution < -0.4 is 11.1 Å². The molecular formula is C9H20N2O2. The molecule has 13 heavy (non-hydrogen) atoms. The Bertz CT molecular complexity index is 129. The van der Waals surface area contributed by atoms with Crippen LogP contribution >= 0.6 is 0 Å². The van der Waals surface area contributed by atoms with E-state index in [2.05, 4.69) is 5.32 Å². The van der Waals surface area contributed by atoms with Crippen molar-refractivity contribution < 1.29 is 9.90 Å². The summed E-state index contributed by atoms with van der Waals surface area (Å²) in [6.07, 6.45) is 4.20. The van der Waals surface area contributed by atoms with Crippen LogP contribution in [0.25, 0.3) is 0 Å². The van der Waals surface area contributed by atoms with Crippen LogP contribution in [-0.4, -0.2) is 30.7 Å². The molecular weight excluding hydrogens is 168 g/mol. The van der Waals surface area contributed by atoms with Crippen molar-refractivity contribution in [1.29, 1.82) is 0 Å². The van der Waals surface area contributed by atoms with Crippen molar-refractivity contribution in [2.45, 2.75) is 32.1 Å². The third kappa shape index (κ3) is 11.4. The first-order valence-electron chi connectivity index (χ1n) is 4.87. The highest BCUT2D eigenvalue weighted by Gasteiger charge is 1.93. The van der Waals surface area contributed by atoms with Gasteiger partial charge in [-0.25, -0.2) is 0 Å². The predicted molar refractivity (Wildman–Crippen MR) is 52.2 cm³/mol. The zero-order chi connectivity index (χ0) is 9.94. The maximum atomic E-state index is 10.3. The lowest BCUT2D eigenvalue weighted by Gasteiger charge is -2.02. The highest BCUT2D eigenvalue weighted by Crippen LogP contribution is 1.92. The summed E-state index contributed by atoms with van der Waals surface area (Å²) < 4.78 is 0. The van der Waals surface area contributed by atoms with Gasteiger partial charge in [0.15, 0.2) is 0 Å². The van der Waals surface area contributed by atoms with E-state index < -0.39 is 0 Å². The fourth-order valence-electron chi connectivity index (χ4n) is 1.04. The molecule has 0 rings (SSSR count). The highest BCUT2D eigenvalue weighted by molar-refractivity contribution is 5.73. The van der Waals surface area contributed by atoms with E-state index >= 15 is 0 Å². The summed E-state index contributed by atoms with van der Waals surface area (Å²) in [6.45, 7) is 2.14. The number of nitrogens with two attached hydrogens (primary N) is 1. The molecule has 0 radical (unpaired) electrons. The average Bonchev–Trinajstić information content (AvgIpc) is 2.09. The van der Waals surface area contributed by atoms with E-state index in [4.69, 9.17) is 10.8 Å². The molecule has 0 aromatic heterocycles. The molecule has 4 nitrogen and oxygen atoms in total. The fraction of sp³-hybridized carbons (Fsp3) is 0.889. The Morgan fingerprint density at radius 3 is 2.31 bits per heavy atom. The van der Waals surface area contributed by atoms with E-state index in [1.807, 2.05) is 0 Å². The number of aliphatic hydroxyl groups is 1. The van der Waals surface area contributed by atoms with Crippen molar-refractivity contribution in [1.82, 2.24) is 5.32 Å². The van der Waals surface area contributed by atoms with E-state index in [-0.39, 0.29) is 12.5 Å². The number of rotatable bonds is 9. The van der Waals surface area contributed by atoms with Crippen molar-refractivity contribution in [2.24, 2.45) is 5.73 Å². The molecule has 0 bridgehead atoms. The molecule has 0 aromatic rings. The minimum atomic E-state index is -0.222. The third-order valence-corrected chi connectivity index (χ3v) is 1.79. The number of unbranched alkanes of at least 4 members (excludes halogenated alkanes) is 2. The first kappa shape index (κ1) is 12.4. The van der Waals surface area contributed by atoms with Gasteiger partial charge in [0.25, 0.3) is 0 Å². The fourth-order valence-corrected chi connectivity index (χ4v) is 1.04. The van der Waals surface area contributed by atoms with Crippen LogP contribution in [0.2, 0.25) is 0 Å². The van der Waals surface area contributed by atoms with E-state index in [1.54, 1.807) is 0 Å². The Balaban J connectivity index is 2.87. The number of hydrogen-bond acceptors (Lipinski definition) is 3. The number of carbonyl (C=O) groups is 1. The maximum Gasteiger partial charge on any atom is 0.217 e. The zero-order valence-electron chi connectivity index (χ0n) is 8.09. The smallest absolute Gasteiger partial charge is 0.217 e. The normalized spacial score (nSPS) is 10.2. The van der Waals surface area contributed by atoms with Gasteiger partial charge in [0.2, 0.25) is 5.91 Å². The van der Waals surface area contributed by atoms with E-state index in [0.717, 1.165) is 38.8 Å². The molecule has 0 atom stereocenters. The topological polar surface area (TPSA) is 75.4 Å². The lowest BCUT2D eigenvalue weighted by atomic mass is 10.2.